The van der Waals surface area contributed by atoms with Crippen LogP contribution >= 0.6 is 0 Å². The highest BCUT2D eigenvalue weighted by atomic mass is 16.6. The van der Waals surface area contributed by atoms with Crippen LogP contribution in [-0.2, 0) is 10.3 Å². The van der Waals surface area contributed by atoms with Gasteiger partial charge in [0.25, 0.3) is 0 Å². The van der Waals surface area contributed by atoms with Crippen molar-refractivity contribution in [2.45, 2.75) is 32.4 Å². The van der Waals surface area contributed by atoms with E-state index in [1.165, 1.54) is 5.56 Å². The minimum absolute atomic E-state index is 0.0765. The van der Waals surface area contributed by atoms with Gasteiger partial charge < -0.3 is 4.74 Å². The summed E-state index contributed by atoms with van der Waals surface area (Å²) in [6, 6.07) is 0. The molecule has 3 nitrogen and oxygen atoms in total. The van der Waals surface area contributed by atoms with E-state index in [9.17, 15) is 0 Å². The second-order valence-corrected chi connectivity index (χ2v) is 4.21. The smallest absolute Gasteiger partial charge is 0.109 e. The molecule has 12 heavy (non-hydrogen) atoms. The van der Waals surface area contributed by atoms with E-state index in [1.54, 1.807) is 0 Å². The average Bonchev–Trinajstić information content (AvgIpc) is 2.66. The zero-order chi connectivity index (χ0) is 8.77. The number of nitrogens with zero attached hydrogens (tertiary/aromatic N) is 2. The summed E-state index contributed by atoms with van der Waals surface area (Å²) in [4.78, 5) is 0. The molecule has 2 rings (SSSR count). The summed E-state index contributed by atoms with van der Waals surface area (Å²) in [6.07, 6.45) is 4.28. The standard InChI is InChI=1S/C9H14N2O/c1-9(2,3)11-5-7(4-10-11)8-6-12-8/h4-5,8H,6H2,1-3H3/t8-/m0/s1. The van der Waals surface area contributed by atoms with Crippen LogP contribution in [0.15, 0.2) is 12.4 Å². The van der Waals surface area contributed by atoms with Crippen LogP contribution in [0.5, 0.6) is 0 Å². The SMILES string of the molecule is CC(C)(C)n1cc([C@@H]2CO2)cn1. The van der Waals surface area contributed by atoms with Gasteiger partial charge in [-0.15, -0.1) is 0 Å². The van der Waals surface area contributed by atoms with Gasteiger partial charge in [0.05, 0.1) is 18.3 Å². The molecule has 0 aromatic carbocycles. The van der Waals surface area contributed by atoms with Gasteiger partial charge in [0, 0.05) is 11.8 Å². The summed E-state index contributed by atoms with van der Waals surface area (Å²) in [7, 11) is 0. The summed E-state index contributed by atoms with van der Waals surface area (Å²) >= 11 is 0. The minimum Gasteiger partial charge on any atom is -0.368 e. The predicted octanol–water partition coefficient (Wildman–Crippen LogP) is 1.71. The first-order chi connectivity index (χ1) is 5.57. The van der Waals surface area contributed by atoms with Crippen molar-refractivity contribution in [1.29, 1.82) is 0 Å². The molecule has 0 N–H and O–H groups in total. The Morgan fingerprint density at radius 2 is 2.25 bits per heavy atom. The Morgan fingerprint density at radius 1 is 1.58 bits per heavy atom. The van der Waals surface area contributed by atoms with Crippen LogP contribution in [0, 0.1) is 0 Å². The van der Waals surface area contributed by atoms with Gasteiger partial charge >= 0.3 is 0 Å². The monoisotopic (exact) mass is 166 g/mol. The highest BCUT2D eigenvalue weighted by molar-refractivity contribution is 5.12. The molecule has 0 saturated carbocycles. The Labute approximate surface area is 72.3 Å². The van der Waals surface area contributed by atoms with E-state index in [-0.39, 0.29) is 5.54 Å². The van der Waals surface area contributed by atoms with E-state index in [0.717, 1.165) is 6.61 Å². The van der Waals surface area contributed by atoms with E-state index in [2.05, 4.69) is 32.1 Å². The lowest BCUT2D eigenvalue weighted by Crippen LogP contribution is -2.21. The third kappa shape index (κ3) is 1.37. The van der Waals surface area contributed by atoms with Gasteiger partial charge in [0.2, 0.25) is 0 Å². The molecule has 66 valence electrons. The van der Waals surface area contributed by atoms with Crippen LogP contribution in [0.1, 0.15) is 32.4 Å². The van der Waals surface area contributed by atoms with Crippen LogP contribution in [0.4, 0.5) is 0 Å². The number of ether oxygens (including phenoxy) is 1. The van der Waals surface area contributed by atoms with Crippen molar-refractivity contribution < 1.29 is 4.74 Å². The first kappa shape index (κ1) is 7.80. The van der Waals surface area contributed by atoms with Gasteiger partial charge in [-0.25, -0.2) is 0 Å². The molecule has 0 bridgehead atoms. The molecule has 0 spiro atoms. The molecule has 0 aliphatic carbocycles. The van der Waals surface area contributed by atoms with Crippen molar-refractivity contribution in [3.8, 4) is 0 Å². The quantitative estimate of drug-likeness (QED) is 0.594. The topological polar surface area (TPSA) is 30.4 Å². The fourth-order valence-electron chi connectivity index (χ4n) is 1.11. The van der Waals surface area contributed by atoms with Crippen LogP contribution < -0.4 is 0 Å². The first-order valence-electron chi connectivity index (χ1n) is 4.24. The molecule has 3 heteroatoms. The van der Waals surface area contributed by atoms with Crippen molar-refractivity contribution in [2.24, 2.45) is 0 Å². The number of aromatic nitrogens is 2. The Kier molecular flexibility index (Phi) is 1.51. The maximum absolute atomic E-state index is 5.17. The first-order valence-corrected chi connectivity index (χ1v) is 4.24. The van der Waals surface area contributed by atoms with Gasteiger partial charge in [0.15, 0.2) is 0 Å². The maximum atomic E-state index is 5.17. The number of rotatable bonds is 1. The van der Waals surface area contributed by atoms with Crippen LogP contribution in [0.2, 0.25) is 0 Å². The number of epoxide rings is 1. The van der Waals surface area contributed by atoms with Gasteiger partial charge in [0.1, 0.15) is 6.10 Å². The van der Waals surface area contributed by atoms with Crippen LogP contribution in [-0.4, -0.2) is 16.4 Å². The molecule has 1 aliphatic rings. The zero-order valence-electron chi connectivity index (χ0n) is 7.74. The molecule has 0 radical (unpaired) electrons. The fourth-order valence-corrected chi connectivity index (χ4v) is 1.11. The van der Waals surface area contributed by atoms with E-state index >= 15 is 0 Å². The lowest BCUT2D eigenvalue weighted by Gasteiger charge is -2.18. The molecule has 1 aromatic heterocycles. The van der Waals surface area contributed by atoms with E-state index in [0.29, 0.717) is 6.10 Å². The van der Waals surface area contributed by atoms with Gasteiger partial charge in [-0.05, 0) is 20.8 Å². The zero-order valence-corrected chi connectivity index (χ0v) is 7.74. The Hall–Kier alpha value is -0.830. The van der Waals surface area contributed by atoms with Crippen molar-refractivity contribution >= 4 is 0 Å². The average molecular weight is 166 g/mol. The van der Waals surface area contributed by atoms with E-state index in [4.69, 9.17) is 4.74 Å². The van der Waals surface area contributed by atoms with Gasteiger partial charge in [-0.1, -0.05) is 0 Å². The van der Waals surface area contributed by atoms with Crippen molar-refractivity contribution in [1.82, 2.24) is 9.78 Å². The third-order valence-corrected chi connectivity index (χ3v) is 1.99. The summed E-state index contributed by atoms with van der Waals surface area (Å²) in [5.74, 6) is 0. The summed E-state index contributed by atoms with van der Waals surface area (Å²) in [6.45, 7) is 7.27. The van der Waals surface area contributed by atoms with Crippen molar-refractivity contribution in [2.75, 3.05) is 6.61 Å². The molecule has 0 unspecified atom stereocenters. The largest absolute Gasteiger partial charge is 0.368 e. The minimum atomic E-state index is 0.0765. The molecule has 1 aliphatic heterocycles. The highest BCUT2D eigenvalue weighted by Gasteiger charge is 2.27. The molecular formula is C9H14N2O. The molecule has 2 heterocycles. The molecular weight excluding hydrogens is 152 g/mol. The normalized spacial score (nSPS) is 22.8. The lowest BCUT2D eigenvalue weighted by molar-refractivity contribution is 0.354. The van der Waals surface area contributed by atoms with Gasteiger partial charge in [-0.3, -0.25) is 4.68 Å². The number of hydrogen-bond acceptors (Lipinski definition) is 2. The molecule has 1 aromatic rings. The predicted molar refractivity (Wildman–Crippen MR) is 45.9 cm³/mol. The maximum Gasteiger partial charge on any atom is 0.109 e. The summed E-state index contributed by atoms with van der Waals surface area (Å²) in [5, 5.41) is 4.29. The Morgan fingerprint density at radius 3 is 2.67 bits per heavy atom. The van der Waals surface area contributed by atoms with Crippen molar-refractivity contribution in [3.05, 3.63) is 18.0 Å². The van der Waals surface area contributed by atoms with E-state index in [1.807, 2.05) is 10.9 Å². The number of hydrogen-bond donors (Lipinski definition) is 0. The highest BCUT2D eigenvalue weighted by Crippen LogP contribution is 2.29. The van der Waals surface area contributed by atoms with Crippen LogP contribution in [0.3, 0.4) is 0 Å². The van der Waals surface area contributed by atoms with Crippen molar-refractivity contribution in [3.63, 3.8) is 0 Å². The molecule has 1 fully saturated rings. The Balaban J connectivity index is 2.23. The van der Waals surface area contributed by atoms with E-state index < -0.39 is 0 Å². The fraction of sp³-hybridized carbons (Fsp3) is 0.667. The van der Waals surface area contributed by atoms with Gasteiger partial charge in [-0.2, -0.15) is 5.10 Å². The van der Waals surface area contributed by atoms with Crippen LogP contribution in [0.25, 0.3) is 0 Å². The lowest BCUT2D eigenvalue weighted by atomic mass is 10.1. The summed E-state index contributed by atoms with van der Waals surface area (Å²) in [5.41, 5.74) is 1.28. The molecule has 0 amide bonds. The summed E-state index contributed by atoms with van der Waals surface area (Å²) < 4.78 is 7.14. The second-order valence-electron chi connectivity index (χ2n) is 4.21. The Bertz CT molecular complexity index is 281. The second kappa shape index (κ2) is 2.33. The molecule has 1 saturated heterocycles. The third-order valence-electron chi connectivity index (χ3n) is 1.99. The molecule has 1 atom stereocenters.